The second-order valence-electron chi connectivity index (χ2n) is 9.51. The number of fused-ring (bicyclic) bond motifs is 1. The van der Waals surface area contributed by atoms with Gasteiger partial charge in [-0.2, -0.15) is 0 Å². The molecule has 13 heteroatoms. The predicted octanol–water partition coefficient (Wildman–Crippen LogP) is 4.58. The van der Waals surface area contributed by atoms with E-state index in [1.165, 1.54) is 6.07 Å². The number of carbonyl (C=O) groups is 1. The molecular formula is C27H35Cl4N3O6. The molecular weight excluding hydrogens is 604 g/mol. The van der Waals surface area contributed by atoms with E-state index in [9.17, 15) is 19.8 Å². The van der Waals surface area contributed by atoms with Gasteiger partial charge in [0.15, 0.2) is 5.43 Å². The first kappa shape index (κ1) is 35.8. The van der Waals surface area contributed by atoms with E-state index in [-0.39, 0.29) is 59.7 Å². The zero-order chi connectivity index (χ0) is 26.7. The molecule has 1 aromatic heterocycles. The lowest BCUT2D eigenvalue weighted by molar-refractivity contribution is -0.154. The highest BCUT2D eigenvalue weighted by Gasteiger charge is 2.37. The molecule has 1 saturated heterocycles. The maximum Gasteiger partial charge on any atom is 0.323 e. The minimum Gasteiger partial charge on any atom is -0.507 e. The highest BCUT2D eigenvalue weighted by atomic mass is 35.5. The van der Waals surface area contributed by atoms with Gasteiger partial charge in [0.05, 0.1) is 5.02 Å². The van der Waals surface area contributed by atoms with Crippen LogP contribution in [0.2, 0.25) is 5.02 Å². The van der Waals surface area contributed by atoms with Gasteiger partial charge in [-0.15, -0.1) is 37.2 Å². The fourth-order valence-electron chi connectivity index (χ4n) is 4.86. The predicted molar refractivity (Wildman–Crippen MR) is 164 cm³/mol. The van der Waals surface area contributed by atoms with Crippen molar-refractivity contribution in [3.8, 4) is 22.8 Å². The molecule has 4 rings (SSSR count). The Kier molecular flexibility index (Phi) is 14.0. The van der Waals surface area contributed by atoms with Crippen molar-refractivity contribution in [2.45, 2.75) is 43.7 Å². The Morgan fingerprint density at radius 2 is 1.88 bits per heavy atom. The van der Waals surface area contributed by atoms with Gasteiger partial charge in [-0.25, -0.2) is 0 Å². The zero-order valence-electron chi connectivity index (χ0n) is 21.9. The van der Waals surface area contributed by atoms with Crippen molar-refractivity contribution in [1.29, 1.82) is 0 Å². The van der Waals surface area contributed by atoms with E-state index in [4.69, 9.17) is 32.2 Å². The lowest BCUT2D eigenvalue weighted by Crippen LogP contribution is -2.45. The molecule has 2 aromatic carbocycles. The van der Waals surface area contributed by atoms with Crippen LogP contribution in [0.3, 0.4) is 0 Å². The average Bonchev–Trinajstić information content (AvgIpc) is 2.85. The first-order chi connectivity index (χ1) is 17.7. The monoisotopic (exact) mass is 637 g/mol. The van der Waals surface area contributed by atoms with Gasteiger partial charge in [0.1, 0.15) is 40.4 Å². The van der Waals surface area contributed by atoms with Crippen molar-refractivity contribution in [1.82, 2.24) is 4.90 Å². The largest absolute Gasteiger partial charge is 0.507 e. The molecule has 40 heavy (non-hydrogen) atoms. The highest BCUT2D eigenvalue weighted by molar-refractivity contribution is 6.33. The van der Waals surface area contributed by atoms with Gasteiger partial charge in [-0.3, -0.25) is 9.59 Å². The lowest BCUT2D eigenvalue weighted by atomic mass is 9.85. The van der Waals surface area contributed by atoms with Crippen LogP contribution in [0.5, 0.6) is 11.5 Å². The summed E-state index contributed by atoms with van der Waals surface area (Å²) in [5.74, 6) is -1.52. The van der Waals surface area contributed by atoms with Gasteiger partial charge in [0, 0.05) is 35.7 Å². The Hall–Kier alpha value is -2.24. The van der Waals surface area contributed by atoms with Crippen LogP contribution in [-0.2, 0) is 9.53 Å². The van der Waals surface area contributed by atoms with Crippen LogP contribution in [0.25, 0.3) is 22.3 Å². The number of nitrogens with two attached hydrogens (primary N) is 2. The number of likely N-dealkylation sites (N-methyl/N-ethyl adjacent to an activating group) is 1. The third-order valence-electron chi connectivity index (χ3n) is 6.81. The summed E-state index contributed by atoms with van der Waals surface area (Å²) in [6, 6.07) is 8.48. The molecule has 6 N–H and O–H groups in total. The number of carbonyl (C=O) groups excluding carboxylic acids is 1. The van der Waals surface area contributed by atoms with Crippen LogP contribution in [0.15, 0.2) is 45.6 Å². The zero-order valence-corrected chi connectivity index (χ0v) is 25.1. The third-order valence-corrected chi connectivity index (χ3v) is 7.14. The van der Waals surface area contributed by atoms with E-state index < -0.39 is 35.2 Å². The second-order valence-corrected chi connectivity index (χ2v) is 9.92. The minimum atomic E-state index is -0.797. The fraction of sp³-hybridized carbons (Fsp3) is 0.407. The number of phenols is 2. The second kappa shape index (κ2) is 15.7. The van der Waals surface area contributed by atoms with Crippen molar-refractivity contribution in [2.24, 2.45) is 11.5 Å². The summed E-state index contributed by atoms with van der Waals surface area (Å²) < 4.78 is 12.0. The summed E-state index contributed by atoms with van der Waals surface area (Å²) in [4.78, 5) is 28.0. The summed E-state index contributed by atoms with van der Waals surface area (Å²) >= 11 is 6.34. The molecule has 0 spiro atoms. The summed E-state index contributed by atoms with van der Waals surface area (Å²) in [6.07, 6.45) is 1.76. The minimum absolute atomic E-state index is 0. The Labute approximate surface area is 256 Å². The number of rotatable bonds is 8. The number of ether oxygens (including phenoxy) is 1. The van der Waals surface area contributed by atoms with Gasteiger partial charge >= 0.3 is 5.97 Å². The lowest BCUT2D eigenvalue weighted by Gasteiger charge is -2.37. The molecule has 0 saturated carbocycles. The first-order valence-electron chi connectivity index (χ1n) is 12.3. The maximum absolute atomic E-state index is 13.1. The van der Waals surface area contributed by atoms with Gasteiger partial charge in [-0.1, -0.05) is 30.2 Å². The van der Waals surface area contributed by atoms with Crippen LogP contribution in [0.4, 0.5) is 0 Å². The first-order valence-corrected chi connectivity index (χ1v) is 12.7. The summed E-state index contributed by atoms with van der Waals surface area (Å²) in [5, 5.41) is 21.8. The molecule has 3 aromatic rings. The SMILES string of the molecule is CN1CC[C@H](c2c(O)cc(O)c3c(=O)cc(-c4ccccc4Cl)oc23)[C@H](OC(=O)[C@@H](N)CCCCN)C1.Cl.Cl.Cl. The average molecular weight is 639 g/mol. The number of phenolic OH excluding ortho intramolecular Hbond substituents is 2. The standard InChI is InChI=1S/C27H32ClN3O6.3ClH/c1-31-11-9-16(23(14-31)37-27(35)18(30)8-4-5-10-29)24-19(32)12-20(33)25-21(34)13-22(36-26(24)25)15-6-2-3-7-17(15)28;;;/h2-3,6-7,12-13,16,18,23,32-33H,4-5,8-11,14,29-30H2,1H3;3*1H/t16-,18-,23+;;;/m0.../s1. The molecule has 0 amide bonds. The van der Waals surface area contributed by atoms with E-state index in [0.29, 0.717) is 55.0 Å². The van der Waals surface area contributed by atoms with Crippen molar-refractivity contribution in [3.63, 3.8) is 0 Å². The number of likely N-dealkylation sites (tertiary alicyclic amines) is 1. The van der Waals surface area contributed by atoms with E-state index in [0.717, 1.165) is 12.5 Å². The highest BCUT2D eigenvalue weighted by Crippen LogP contribution is 2.43. The van der Waals surface area contributed by atoms with E-state index in [1.807, 2.05) is 11.9 Å². The number of hydrogen-bond donors (Lipinski definition) is 4. The van der Waals surface area contributed by atoms with E-state index in [2.05, 4.69) is 0 Å². The Balaban J connectivity index is 0.00000267. The molecule has 0 aliphatic carbocycles. The fourth-order valence-corrected chi connectivity index (χ4v) is 5.09. The smallest absolute Gasteiger partial charge is 0.323 e. The van der Waals surface area contributed by atoms with Crippen LogP contribution >= 0.6 is 48.8 Å². The number of unbranched alkanes of at least 4 members (excludes halogenated alkanes) is 1. The Morgan fingerprint density at radius 3 is 2.55 bits per heavy atom. The summed E-state index contributed by atoms with van der Waals surface area (Å²) in [7, 11) is 1.91. The van der Waals surface area contributed by atoms with E-state index in [1.54, 1.807) is 24.3 Å². The molecule has 0 radical (unpaired) electrons. The molecule has 3 atom stereocenters. The van der Waals surface area contributed by atoms with Gasteiger partial charge in [0.2, 0.25) is 0 Å². The van der Waals surface area contributed by atoms with Gasteiger partial charge < -0.3 is 35.7 Å². The molecule has 0 bridgehead atoms. The normalized spacial score (nSPS) is 17.7. The number of nitrogens with zero attached hydrogens (tertiary/aromatic N) is 1. The molecule has 1 aliphatic rings. The number of piperidine rings is 1. The topological polar surface area (TPSA) is 152 Å². The number of benzene rings is 2. The van der Waals surface area contributed by atoms with Crippen molar-refractivity contribution in [2.75, 3.05) is 26.7 Å². The molecule has 9 nitrogen and oxygen atoms in total. The Morgan fingerprint density at radius 1 is 1.18 bits per heavy atom. The number of esters is 1. The molecule has 1 aliphatic heterocycles. The number of halogens is 4. The Bertz CT molecular complexity index is 1360. The van der Waals surface area contributed by atoms with Crippen LogP contribution in [-0.4, -0.2) is 59.9 Å². The third kappa shape index (κ3) is 7.73. The summed E-state index contributed by atoms with van der Waals surface area (Å²) in [5.41, 5.74) is 11.9. The van der Waals surface area contributed by atoms with Gasteiger partial charge in [-0.05, 0) is 51.5 Å². The van der Waals surface area contributed by atoms with Crippen molar-refractivity contribution < 1.29 is 24.2 Å². The van der Waals surface area contributed by atoms with E-state index >= 15 is 0 Å². The van der Waals surface area contributed by atoms with Crippen LogP contribution in [0, 0.1) is 0 Å². The summed E-state index contributed by atoms with van der Waals surface area (Å²) in [6.45, 7) is 1.56. The van der Waals surface area contributed by atoms with Crippen LogP contribution in [0.1, 0.15) is 37.2 Å². The molecule has 0 unspecified atom stereocenters. The molecule has 222 valence electrons. The maximum atomic E-state index is 13.1. The van der Waals surface area contributed by atoms with Crippen molar-refractivity contribution in [3.05, 3.63) is 57.2 Å². The number of hydrogen-bond acceptors (Lipinski definition) is 9. The quantitative estimate of drug-likeness (QED) is 0.205. The molecule has 2 heterocycles. The van der Waals surface area contributed by atoms with Crippen LogP contribution < -0.4 is 16.9 Å². The van der Waals surface area contributed by atoms with Gasteiger partial charge in [0.25, 0.3) is 0 Å². The molecule has 1 fully saturated rings. The van der Waals surface area contributed by atoms with Crippen molar-refractivity contribution >= 4 is 65.8 Å². The number of aromatic hydroxyl groups is 2.